The predicted molar refractivity (Wildman–Crippen MR) is 167 cm³/mol. The van der Waals surface area contributed by atoms with E-state index in [9.17, 15) is 19.8 Å². The summed E-state index contributed by atoms with van der Waals surface area (Å²) < 4.78 is 27.8. The van der Waals surface area contributed by atoms with E-state index in [1.54, 1.807) is 25.1 Å². The second-order valence-electron chi connectivity index (χ2n) is 12.2. The topological polar surface area (TPSA) is 121 Å². The number of Topliss-reactive ketones (excluding diaryl/α,β-unsaturated/α-hetero) is 1. The molecule has 0 radical (unpaired) electrons. The fourth-order valence-electron chi connectivity index (χ4n) is 5.53. The van der Waals surface area contributed by atoms with E-state index in [0.29, 0.717) is 55.1 Å². The second kappa shape index (κ2) is 13.5. The zero-order valence-corrected chi connectivity index (χ0v) is 26.3. The van der Waals surface area contributed by atoms with Crippen molar-refractivity contribution in [3.05, 3.63) is 70.6 Å². The van der Waals surface area contributed by atoms with Gasteiger partial charge in [-0.3, -0.25) is 14.6 Å². The van der Waals surface area contributed by atoms with Crippen LogP contribution in [0.1, 0.15) is 91.3 Å². The van der Waals surface area contributed by atoms with E-state index in [-0.39, 0.29) is 35.7 Å². The van der Waals surface area contributed by atoms with Gasteiger partial charge in [0, 0.05) is 17.7 Å². The number of carbonyl (C=O) groups excluding carboxylic acids is 2. The number of nitrogens with zero attached hydrogens (tertiary/aromatic N) is 2. The Labute approximate surface area is 258 Å². The van der Waals surface area contributed by atoms with Crippen molar-refractivity contribution in [1.29, 1.82) is 0 Å². The van der Waals surface area contributed by atoms with Gasteiger partial charge in [-0.05, 0) is 73.9 Å². The molecule has 0 unspecified atom stereocenters. The summed E-state index contributed by atoms with van der Waals surface area (Å²) in [5.74, 6) is -0.558. The number of carbonyl (C=O) groups is 2. The molecule has 0 bridgehead atoms. The number of ketones is 1. The molecular weight excluding hydrogens is 565 g/mol. The molecule has 1 spiro atoms. The Bertz CT molecular complexity index is 1440. The number of hydrogen-bond donors (Lipinski definition) is 3. The van der Waals surface area contributed by atoms with Gasteiger partial charge in [0.05, 0.1) is 50.1 Å². The molecule has 1 heterocycles. The number of fused-ring (bicyclic) bond motifs is 2. The maximum Gasteiger partial charge on any atom is 0.251 e. The molecule has 9 nitrogen and oxygen atoms in total. The van der Waals surface area contributed by atoms with E-state index in [0.717, 1.165) is 11.1 Å². The summed E-state index contributed by atoms with van der Waals surface area (Å²) >= 11 is 0. The van der Waals surface area contributed by atoms with Crippen molar-refractivity contribution < 1.29 is 33.7 Å². The average molecular weight is 610 g/mol. The normalized spacial score (nSPS) is 15.9. The zero-order valence-electron chi connectivity index (χ0n) is 26.3. The van der Waals surface area contributed by atoms with E-state index >= 15 is 4.39 Å². The van der Waals surface area contributed by atoms with Crippen LogP contribution in [-0.2, 0) is 11.0 Å². The number of nitrogens with one attached hydrogen (secondary N) is 1. The van der Waals surface area contributed by atoms with Gasteiger partial charge in [-0.25, -0.2) is 4.39 Å². The summed E-state index contributed by atoms with van der Waals surface area (Å²) in [7, 11) is 0. The molecule has 3 N–H and O–H groups in total. The molecule has 1 saturated carbocycles. The number of hydrogen-bond acceptors (Lipinski definition) is 7. The number of ether oxygens (including phenoxy) is 2. The summed E-state index contributed by atoms with van der Waals surface area (Å²) in [5, 5.41) is 21.5. The molecule has 238 valence electrons. The predicted octanol–water partition coefficient (Wildman–Crippen LogP) is 4.51. The molecule has 2 aromatic carbocycles. The second-order valence-corrected chi connectivity index (χ2v) is 12.2. The van der Waals surface area contributed by atoms with Crippen LogP contribution in [0.4, 0.5) is 4.39 Å². The van der Waals surface area contributed by atoms with E-state index in [1.807, 2.05) is 38.7 Å². The van der Waals surface area contributed by atoms with Crippen molar-refractivity contribution in [3.63, 3.8) is 0 Å². The van der Waals surface area contributed by atoms with Gasteiger partial charge in [0.25, 0.3) is 5.91 Å². The molecule has 1 aliphatic carbocycles. The van der Waals surface area contributed by atoms with Crippen molar-refractivity contribution in [1.82, 2.24) is 10.2 Å². The lowest BCUT2D eigenvalue weighted by molar-refractivity contribution is 0.0879. The fraction of sp³-hybridized carbons (Fsp3) is 0.500. The summed E-state index contributed by atoms with van der Waals surface area (Å²) in [6.45, 7) is 13.4. The third kappa shape index (κ3) is 6.51. The first-order valence-electron chi connectivity index (χ1n) is 15.2. The summed E-state index contributed by atoms with van der Waals surface area (Å²) in [5.41, 5.74) is 1.42. The van der Waals surface area contributed by atoms with Crippen LogP contribution in [-0.4, -0.2) is 78.2 Å². The SMILES string of the molecule is C=CCCN=C1c2c(cc(OCC)c(OCC)c2F)C2(CC2)N1CC(=O)c1cc(C(=O)NC(CO)CO)cc(C(C)(C)C)c1. The zero-order chi connectivity index (χ0) is 32.2. The third-order valence-corrected chi connectivity index (χ3v) is 8.05. The molecule has 2 aliphatic rings. The lowest BCUT2D eigenvalue weighted by atomic mass is 9.84. The molecular formula is C34H44FN3O6. The minimum Gasteiger partial charge on any atom is -0.490 e. The van der Waals surface area contributed by atoms with Crippen LogP contribution in [0.15, 0.2) is 41.9 Å². The Hall–Kier alpha value is -3.76. The first kappa shape index (κ1) is 33.1. The maximum absolute atomic E-state index is 16.3. The van der Waals surface area contributed by atoms with Gasteiger partial charge in [0.2, 0.25) is 0 Å². The fourth-order valence-corrected chi connectivity index (χ4v) is 5.53. The first-order valence-corrected chi connectivity index (χ1v) is 15.2. The monoisotopic (exact) mass is 609 g/mol. The van der Waals surface area contributed by atoms with E-state index in [4.69, 9.17) is 14.5 Å². The summed E-state index contributed by atoms with van der Waals surface area (Å²) in [6.07, 6.45) is 3.75. The highest BCUT2D eigenvalue weighted by molar-refractivity contribution is 6.09. The van der Waals surface area contributed by atoms with Crippen LogP contribution in [0.25, 0.3) is 0 Å². The molecule has 0 aromatic heterocycles. The van der Waals surface area contributed by atoms with Crippen molar-refractivity contribution in [2.75, 3.05) is 39.5 Å². The number of halogens is 1. The largest absolute Gasteiger partial charge is 0.490 e. The Morgan fingerprint density at radius 2 is 1.77 bits per heavy atom. The van der Waals surface area contributed by atoms with Gasteiger partial charge in [0.1, 0.15) is 5.84 Å². The van der Waals surface area contributed by atoms with Crippen LogP contribution in [0.2, 0.25) is 0 Å². The number of aliphatic imine (C=N–C) groups is 1. The van der Waals surface area contributed by atoms with Gasteiger partial charge in [-0.2, -0.15) is 0 Å². The standard InChI is InChI=1S/C34H44FN3O6/c1-7-10-13-36-31-28-25(17-27(43-8-2)30(29(28)35)44-9-3)34(11-12-34)38(31)18-26(41)21-14-22(16-23(15-21)33(4,5)6)32(42)37-24(19-39)20-40/h7,14-17,24,39-40H,1,8-13,18-20H2,2-6H3,(H,37,42). The number of amidine groups is 1. The van der Waals surface area contributed by atoms with Crippen molar-refractivity contribution in [2.24, 2.45) is 4.99 Å². The van der Waals surface area contributed by atoms with Crippen LogP contribution in [0, 0.1) is 5.82 Å². The number of benzene rings is 2. The minimum absolute atomic E-state index is 0.0334. The quantitative estimate of drug-likeness (QED) is 0.164. The number of rotatable bonds is 14. The van der Waals surface area contributed by atoms with Gasteiger partial charge in [0.15, 0.2) is 23.1 Å². The van der Waals surface area contributed by atoms with Crippen LogP contribution in [0.5, 0.6) is 11.5 Å². The third-order valence-electron chi connectivity index (χ3n) is 8.05. The maximum atomic E-state index is 16.3. The number of amides is 1. The van der Waals surface area contributed by atoms with Crippen LogP contribution >= 0.6 is 0 Å². The Balaban J connectivity index is 1.78. The number of aliphatic hydroxyl groups is 2. The number of aliphatic hydroxyl groups excluding tert-OH is 2. The van der Waals surface area contributed by atoms with E-state index in [1.165, 1.54) is 6.07 Å². The highest BCUT2D eigenvalue weighted by atomic mass is 19.1. The molecule has 44 heavy (non-hydrogen) atoms. The van der Waals surface area contributed by atoms with Crippen molar-refractivity contribution in [2.45, 2.75) is 70.9 Å². The molecule has 1 amide bonds. The molecule has 1 aliphatic heterocycles. The molecule has 10 heteroatoms. The lowest BCUT2D eigenvalue weighted by Crippen LogP contribution is -2.40. The van der Waals surface area contributed by atoms with Crippen LogP contribution < -0.4 is 14.8 Å². The van der Waals surface area contributed by atoms with Crippen molar-refractivity contribution >= 4 is 17.5 Å². The first-order chi connectivity index (χ1) is 20.9. The smallest absolute Gasteiger partial charge is 0.251 e. The average Bonchev–Trinajstić information content (AvgIpc) is 3.75. The molecule has 1 fully saturated rings. The molecule has 2 aromatic rings. The van der Waals surface area contributed by atoms with Gasteiger partial charge in [-0.1, -0.05) is 26.8 Å². The Kier molecular flexibility index (Phi) is 10.2. The highest BCUT2D eigenvalue weighted by Crippen LogP contribution is 2.59. The lowest BCUT2D eigenvalue weighted by Gasteiger charge is -2.27. The minimum atomic E-state index is -0.829. The molecule has 4 rings (SSSR count). The van der Waals surface area contributed by atoms with Gasteiger partial charge >= 0.3 is 0 Å². The summed E-state index contributed by atoms with van der Waals surface area (Å²) in [4.78, 5) is 33.9. The highest BCUT2D eigenvalue weighted by Gasteiger charge is 2.58. The van der Waals surface area contributed by atoms with Gasteiger partial charge < -0.3 is 29.9 Å². The Morgan fingerprint density at radius 3 is 2.34 bits per heavy atom. The van der Waals surface area contributed by atoms with E-state index < -0.39 is 36.5 Å². The van der Waals surface area contributed by atoms with Crippen LogP contribution in [0.3, 0.4) is 0 Å². The van der Waals surface area contributed by atoms with E-state index in [2.05, 4.69) is 11.9 Å². The molecule has 0 atom stereocenters. The Morgan fingerprint density at radius 1 is 1.11 bits per heavy atom. The van der Waals surface area contributed by atoms with Crippen molar-refractivity contribution in [3.8, 4) is 11.5 Å². The van der Waals surface area contributed by atoms with Gasteiger partial charge in [-0.15, -0.1) is 6.58 Å². The molecule has 0 saturated heterocycles. The summed E-state index contributed by atoms with van der Waals surface area (Å²) in [6, 6.07) is 6.03.